The molecule has 1 heterocycles. The molecule has 0 radical (unpaired) electrons. The molecule has 0 fully saturated rings. The molecule has 0 bridgehead atoms. The molecule has 3 rings (SSSR count). The Labute approximate surface area is 161 Å². The zero-order valence-electron chi connectivity index (χ0n) is 14.6. The summed E-state index contributed by atoms with van der Waals surface area (Å²) in [6, 6.07) is 14.7. The number of ether oxygens (including phenoxy) is 1. The van der Waals surface area contributed by atoms with E-state index in [1.807, 2.05) is 6.92 Å². The summed E-state index contributed by atoms with van der Waals surface area (Å²) in [7, 11) is 0. The molecule has 2 nitrogen and oxygen atoms in total. The monoisotopic (exact) mass is 387 g/mol. The first-order valence-corrected chi connectivity index (χ1v) is 9.53. The largest absolute Gasteiger partial charge is 0.367 e. The summed E-state index contributed by atoms with van der Waals surface area (Å²) >= 11 is 7.18. The Morgan fingerprint density at radius 1 is 1.12 bits per heavy atom. The number of nitrogens with zero attached hydrogens (tertiary/aromatic N) is 1. The van der Waals surface area contributed by atoms with E-state index in [9.17, 15) is 4.39 Å². The van der Waals surface area contributed by atoms with Gasteiger partial charge in [-0.25, -0.2) is 9.37 Å². The highest BCUT2D eigenvalue weighted by molar-refractivity contribution is 7.15. The number of thiazole rings is 1. The summed E-state index contributed by atoms with van der Waals surface area (Å²) in [6.45, 7) is 4.38. The Balaban J connectivity index is 1.97. The van der Waals surface area contributed by atoms with Gasteiger partial charge in [-0.3, -0.25) is 0 Å². The lowest BCUT2D eigenvalue weighted by molar-refractivity contribution is 0.0840. The van der Waals surface area contributed by atoms with Crippen molar-refractivity contribution in [2.75, 3.05) is 0 Å². The minimum absolute atomic E-state index is 0.0894. The van der Waals surface area contributed by atoms with Crippen LogP contribution in [0.15, 0.2) is 60.1 Å². The second-order valence-electron chi connectivity index (χ2n) is 5.99. The van der Waals surface area contributed by atoms with E-state index in [2.05, 4.69) is 31.2 Å². The van der Waals surface area contributed by atoms with Gasteiger partial charge in [0.1, 0.15) is 10.8 Å². The number of aromatic nitrogens is 1. The Kier molecular flexibility index (Phi) is 6.20. The van der Waals surface area contributed by atoms with Gasteiger partial charge in [-0.05, 0) is 49.8 Å². The molecule has 0 aliphatic carbocycles. The van der Waals surface area contributed by atoms with Gasteiger partial charge in [0.2, 0.25) is 0 Å². The Hall–Kier alpha value is -2.01. The molecule has 0 amide bonds. The highest BCUT2D eigenvalue weighted by atomic mass is 35.5. The van der Waals surface area contributed by atoms with Gasteiger partial charge in [0.05, 0.1) is 23.3 Å². The SMILES string of the molecule is Cc1ccc(-c2sc(COC(C)/C=C/Cl)nc2-c2ccc(F)cc2)cc1. The molecule has 0 spiro atoms. The van der Waals surface area contributed by atoms with Crippen LogP contribution < -0.4 is 0 Å². The molecule has 0 saturated carbocycles. The number of rotatable bonds is 6. The van der Waals surface area contributed by atoms with Crippen LogP contribution in [0.5, 0.6) is 0 Å². The Morgan fingerprint density at radius 3 is 2.42 bits per heavy atom. The number of aryl methyl sites for hydroxylation is 1. The zero-order chi connectivity index (χ0) is 18.5. The maximum atomic E-state index is 13.3. The molecular formula is C21H19ClFNOS. The topological polar surface area (TPSA) is 22.1 Å². The van der Waals surface area contributed by atoms with E-state index in [0.717, 1.165) is 26.7 Å². The van der Waals surface area contributed by atoms with Gasteiger partial charge < -0.3 is 4.74 Å². The summed E-state index contributed by atoms with van der Waals surface area (Å²) in [5, 5.41) is 0.870. The van der Waals surface area contributed by atoms with Crippen molar-refractivity contribution >= 4 is 22.9 Å². The van der Waals surface area contributed by atoms with Crippen molar-refractivity contribution in [2.24, 2.45) is 0 Å². The van der Waals surface area contributed by atoms with Gasteiger partial charge in [-0.2, -0.15) is 0 Å². The molecular weight excluding hydrogens is 369 g/mol. The molecule has 1 aromatic heterocycles. The smallest absolute Gasteiger partial charge is 0.123 e. The van der Waals surface area contributed by atoms with E-state index < -0.39 is 0 Å². The van der Waals surface area contributed by atoms with Crippen LogP contribution in [0.2, 0.25) is 0 Å². The van der Waals surface area contributed by atoms with Crippen LogP contribution in [0.1, 0.15) is 17.5 Å². The van der Waals surface area contributed by atoms with E-state index in [0.29, 0.717) is 6.61 Å². The minimum Gasteiger partial charge on any atom is -0.367 e. The van der Waals surface area contributed by atoms with E-state index in [1.165, 1.54) is 23.2 Å². The lowest BCUT2D eigenvalue weighted by atomic mass is 10.1. The van der Waals surface area contributed by atoms with Gasteiger partial charge in [0, 0.05) is 11.1 Å². The molecule has 3 aromatic rings. The summed E-state index contributed by atoms with van der Waals surface area (Å²) in [6.07, 6.45) is 1.69. The normalized spacial score (nSPS) is 12.6. The molecule has 0 saturated heterocycles. The number of hydrogen-bond acceptors (Lipinski definition) is 3. The van der Waals surface area contributed by atoms with E-state index in [-0.39, 0.29) is 11.9 Å². The highest BCUT2D eigenvalue weighted by Crippen LogP contribution is 2.37. The van der Waals surface area contributed by atoms with Gasteiger partial charge in [0.25, 0.3) is 0 Å². The van der Waals surface area contributed by atoms with Crippen molar-refractivity contribution in [1.29, 1.82) is 0 Å². The van der Waals surface area contributed by atoms with Crippen molar-refractivity contribution in [3.63, 3.8) is 0 Å². The fourth-order valence-electron chi connectivity index (χ4n) is 2.49. The summed E-state index contributed by atoms with van der Waals surface area (Å²) in [5.74, 6) is -0.258. The third-order valence-corrected chi connectivity index (χ3v) is 5.14. The average Bonchev–Trinajstić information content (AvgIpc) is 3.06. The van der Waals surface area contributed by atoms with Crippen molar-refractivity contribution in [1.82, 2.24) is 4.98 Å². The van der Waals surface area contributed by atoms with Crippen LogP contribution in [0, 0.1) is 12.7 Å². The molecule has 0 aliphatic rings. The molecule has 5 heteroatoms. The first-order chi connectivity index (χ1) is 12.6. The number of halogens is 2. The van der Waals surface area contributed by atoms with Crippen LogP contribution in [0.3, 0.4) is 0 Å². The zero-order valence-corrected chi connectivity index (χ0v) is 16.2. The van der Waals surface area contributed by atoms with E-state index in [4.69, 9.17) is 21.3 Å². The van der Waals surface area contributed by atoms with Gasteiger partial charge in [-0.15, -0.1) is 11.3 Å². The molecule has 1 unspecified atom stereocenters. The van der Waals surface area contributed by atoms with Gasteiger partial charge >= 0.3 is 0 Å². The maximum absolute atomic E-state index is 13.3. The molecule has 1 atom stereocenters. The van der Waals surface area contributed by atoms with Crippen molar-refractivity contribution in [2.45, 2.75) is 26.6 Å². The molecule has 0 aliphatic heterocycles. The maximum Gasteiger partial charge on any atom is 0.123 e. The summed E-state index contributed by atoms with van der Waals surface area (Å²) in [5.41, 5.74) is 5.48. The summed E-state index contributed by atoms with van der Waals surface area (Å²) < 4.78 is 19.1. The van der Waals surface area contributed by atoms with Crippen molar-refractivity contribution < 1.29 is 9.13 Å². The van der Waals surface area contributed by atoms with Gasteiger partial charge in [-0.1, -0.05) is 41.4 Å². The fraction of sp³-hybridized carbons (Fsp3) is 0.190. The average molecular weight is 388 g/mol. The van der Waals surface area contributed by atoms with E-state index >= 15 is 0 Å². The lowest BCUT2D eigenvalue weighted by Gasteiger charge is -2.05. The fourth-order valence-corrected chi connectivity index (χ4v) is 3.71. The quantitative estimate of drug-likeness (QED) is 0.476. The number of benzene rings is 2. The second-order valence-corrected chi connectivity index (χ2v) is 7.33. The van der Waals surface area contributed by atoms with Crippen LogP contribution >= 0.6 is 22.9 Å². The minimum atomic E-state index is -0.258. The predicted octanol–water partition coefficient (Wildman–Crippen LogP) is 6.58. The Morgan fingerprint density at radius 2 is 1.77 bits per heavy atom. The highest BCUT2D eigenvalue weighted by Gasteiger charge is 2.15. The van der Waals surface area contributed by atoms with Crippen LogP contribution in [-0.4, -0.2) is 11.1 Å². The second kappa shape index (κ2) is 8.58. The first-order valence-electron chi connectivity index (χ1n) is 8.28. The predicted molar refractivity (Wildman–Crippen MR) is 107 cm³/mol. The lowest BCUT2D eigenvalue weighted by Crippen LogP contribution is -2.03. The summed E-state index contributed by atoms with van der Waals surface area (Å²) in [4.78, 5) is 5.81. The number of hydrogen-bond donors (Lipinski definition) is 0. The first kappa shape index (κ1) is 18.8. The van der Waals surface area contributed by atoms with E-state index in [1.54, 1.807) is 29.5 Å². The van der Waals surface area contributed by atoms with Crippen LogP contribution in [-0.2, 0) is 11.3 Å². The molecule has 134 valence electrons. The van der Waals surface area contributed by atoms with Crippen molar-refractivity contribution in [3.05, 3.63) is 76.5 Å². The standard InChI is InChI=1S/C21H19ClFNOS/c1-14-3-5-17(6-4-14)21-20(16-7-9-18(23)10-8-16)24-19(26-21)13-25-15(2)11-12-22/h3-12,15H,13H2,1-2H3/b12-11+. The Bertz CT molecular complexity index is 824. The van der Waals surface area contributed by atoms with Crippen LogP contribution in [0.25, 0.3) is 21.7 Å². The molecule has 0 N–H and O–H groups in total. The van der Waals surface area contributed by atoms with Crippen molar-refractivity contribution in [3.8, 4) is 21.7 Å². The molecule has 2 aromatic carbocycles. The van der Waals surface area contributed by atoms with Gasteiger partial charge in [0.15, 0.2) is 0 Å². The third kappa shape index (κ3) is 4.58. The third-order valence-electron chi connectivity index (χ3n) is 3.92. The molecule has 26 heavy (non-hydrogen) atoms. The van der Waals surface area contributed by atoms with Crippen LogP contribution in [0.4, 0.5) is 4.39 Å².